The van der Waals surface area contributed by atoms with Gasteiger partial charge in [-0.1, -0.05) is 11.6 Å². The number of nitro groups is 2. The first kappa shape index (κ1) is 26.9. The topological polar surface area (TPSA) is 194 Å². The van der Waals surface area contributed by atoms with Crippen LogP contribution in [-0.2, 0) is 4.74 Å². The Labute approximate surface area is 227 Å². The lowest BCUT2D eigenvalue weighted by Crippen LogP contribution is -2.37. The summed E-state index contributed by atoms with van der Waals surface area (Å²) in [6.45, 7) is 3.91. The fourth-order valence-electron chi connectivity index (χ4n) is 3.37. The number of phenols is 1. The Bertz CT molecular complexity index is 1430. The van der Waals surface area contributed by atoms with Crippen molar-refractivity contribution >= 4 is 68.7 Å². The minimum atomic E-state index is -0.929. The zero-order chi connectivity index (χ0) is 27.4. The average Bonchev–Trinajstić information content (AvgIpc) is 2.88. The first-order chi connectivity index (χ1) is 18.1. The molecule has 198 valence electrons. The van der Waals surface area contributed by atoms with Gasteiger partial charge in [0.05, 0.1) is 46.6 Å². The van der Waals surface area contributed by atoms with Crippen LogP contribution in [0.5, 0.6) is 5.75 Å². The second kappa shape index (κ2) is 11.5. The summed E-state index contributed by atoms with van der Waals surface area (Å²) < 4.78 is 6.11. The van der Waals surface area contributed by atoms with Crippen LogP contribution >= 0.6 is 27.5 Å². The highest BCUT2D eigenvalue weighted by atomic mass is 79.9. The number of hydrazone groups is 1. The van der Waals surface area contributed by atoms with Gasteiger partial charge in [-0.2, -0.15) is 20.1 Å². The molecular formula is C21H19BrClN9O6. The summed E-state index contributed by atoms with van der Waals surface area (Å²) in [5, 5.41) is 40.1. The van der Waals surface area contributed by atoms with Crippen molar-refractivity contribution in [3.63, 3.8) is 0 Å². The molecule has 0 aliphatic carbocycles. The Morgan fingerprint density at radius 3 is 2.53 bits per heavy atom. The van der Waals surface area contributed by atoms with Gasteiger partial charge in [0.2, 0.25) is 23.6 Å². The number of hydrogen-bond donors (Lipinski definition) is 3. The zero-order valence-electron chi connectivity index (χ0n) is 19.6. The highest BCUT2D eigenvalue weighted by Crippen LogP contribution is 2.34. The van der Waals surface area contributed by atoms with Gasteiger partial charge in [0.25, 0.3) is 5.69 Å². The number of aromatic hydroxyl groups is 1. The lowest BCUT2D eigenvalue weighted by atomic mass is 10.1. The SMILES string of the molecule is Cc1cc(Br)c(Nc2nc(NN=Cc3cc([N+](=O)[O-])cc([N+](=O)[O-])c3O)nc(N3CCOCC3)n2)cc1Cl. The van der Waals surface area contributed by atoms with Crippen LogP contribution in [0.15, 0.2) is 33.8 Å². The maximum absolute atomic E-state index is 11.2. The Balaban J connectivity index is 1.66. The van der Waals surface area contributed by atoms with Gasteiger partial charge in [0.15, 0.2) is 0 Å². The molecule has 1 aliphatic heterocycles. The Morgan fingerprint density at radius 2 is 1.84 bits per heavy atom. The van der Waals surface area contributed by atoms with Gasteiger partial charge < -0.3 is 20.1 Å². The summed E-state index contributed by atoms with van der Waals surface area (Å²) in [7, 11) is 0. The molecule has 0 unspecified atom stereocenters. The van der Waals surface area contributed by atoms with Crippen molar-refractivity contribution in [2.45, 2.75) is 6.92 Å². The molecular weight excluding hydrogens is 590 g/mol. The molecule has 0 bridgehead atoms. The maximum Gasteiger partial charge on any atom is 0.318 e. The standard InChI is InChI=1S/C21H19BrClN9O6/c1-11-6-14(22)16(9-15(11)23)25-19-26-20(28-21(27-19)30-2-4-38-5-3-30)29-24-10-12-7-13(31(34)35)8-17(18(12)33)32(36)37/h6-10,33H,2-5H2,1H3,(H2,25,26,27,28,29). The third kappa shape index (κ3) is 6.21. The fraction of sp³-hybridized carbons (Fsp3) is 0.238. The Hall–Kier alpha value is -4.15. The lowest BCUT2D eigenvalue weighted by molar-refractivity contribution is -0.394. The van der Waals surface area contributed by atoms with E-state index in [0.717, 1.165) is 22.3 Å². The van der Waals surface area contributed by atoms with Gasteiger partial charge in [0, 0.05) is 28.7 Å². The van der Waals surface area contributed by atoms with Crippen LogP contribution < -0.4 is 15.6 Å². The van der Waals surface area contributed by atoms with E-state index in [1.54, 1.807) is 6.07 Å². The summed E-state index contributed by atoms with van der Waals surface area (Å²) in [6, 6.07) is 5.16. The first-order valence-electron chi connectivity index (χ1n) is 10.9. The largest absolute Gasteiger partial charge is 0.502 e. The van der Waals surface area contributed by atoms with Crippen molar-refractivity contribution in [3.05, 3.63) is 65.1 Å². The molecule has 1 fully saturated rings. The van der Waals surface area contributed by atoms with Crippen molar-refractivity contribution < 1.29 is 19.7 Å². The van der Waals surface area contributed by atoms with Crippen LogP contribution in [0.1, 0.15) is 11.1 Å². The number of nitro benzene ring substituents is 2. The number of nitrogens with one attached hydrogen (secondary N) is 2. The van der Waals surface area contributed by atoms with Gasteiger partial charge in [-0.15, -0.1) is 0 Å². The predicted octanol–water partition coefficient (Wildman–Crippen LogP) is 4.14. The van der Waals surface area contributed by atoms with Crippen LogP contribution in [0.2, 0.25) is 5.02 Å². The third-order valence-electron chi connectivity index (χ3n) is 5.29. The highest BCUT2D eigenvalue weighted by Gasteiger charge is 2.23. The van der Waals surface area contributed by atoms with E-state index in [0.29, 0.717) is 49.0 Å². The number of non-ortho nitro benzene ring substituents is 1. The molecule has 1 saturated heterocycles. The molecule has 38 heavy (non-hydrogen) atoms. The van der Waals surface area contributed by atoms with E-state index in [2.05, 4.69) is 46.7 Å². The molecule has 0 spiro atoms. The third-order valence-corrected chi connectivity index (χ3v) is 6.36. The van der Waals surface area contributed by atoms with Crippen molar-refractivity contribution in [2.24, 2.45) is 5.10 Å². The number of aryl methyl sites for hydroxylation is 1. The van der Waals surface area contributed by atoms with Gasteiger partial charge in [0.1, 0.15) is 0 Å². The highest BCUT2D eigenvalue weighted by molar-refractivity contribution is 9.10. The first-order valence-corrected chi connectivity index (χ1v) is 12.1. The van der Waals surface area contributed by atoms with Crippen molar-refractivity contribution in [3.8, 4) is 5.75 Å². The molecule has 0 saturated carbocycles. The number of anilines is 4. The van der Waals surface area contributed by atoms with Crippen LogP contribution in [0.3, 0.4) is 0 Å². The van der Waals surface area contributed by atoms with Crippen LogP contribution in [0.25, 0.3) is 0 Å². The number of rotatable bonds is 8. The molecule has 3 aromatic rings. The molecule has 0 atom stereocenters. The maximum atomic E-state index is 11.2. The molecule has 2 aromatic carbocycles. The second-order valence-electron chi connectivity index (χ2n) is 7.88. The number of phenolic OH excluding ortho intramolecular Hbond substituents is 1. The van der Waals surface area contributed by atoms with E-state index < -0.39 is 27.0 Å². The fourth-order valence-corrected chi connectivity index (χ4v) is 4.09. The second-order valence-corrected chi connectivity index (χ2v) is 9.14. The number of benzene rings is 2. The number of aromatic nitrogens is 3. The number of morpholine rings is 1. The summed E-state index contributed by atoms with van der Waals surface area (Å²) in [5.74, 6) is -0.298. The number of halogens is 2. The van der Waals surface area contributed by atoms with Crippen molar-refractivity contribution in [2.75, 3.05) is 41.9 Å². The van der Waals surface area contributed by atoms with Crippen LogP contribution in [0.4, 0.5) is 34.9 Å². The molecule has 1 aliphatic rings. The van der Waals surface area contributed by atoms with Gasteiger partial charge in [-0.25, -0.2) is 5.43 Å². The molecule has 1 aromatic heterocycles. The summed E-state index contributed by atoms with van der Waals surface area (Å²) in [5.41, 5.74) is 2.38. The average molecular weight is 609 g/mol. The summed E-state index contributed by atoms with van der Waals surface area (Å²) in [6.07, 6.45) is 0.983. The molecule has 17 heteroatoms. The van der Waals surface area contributed by atoms with E-state index in [9.17, 15) is 25.3 Å². The van der Waals surface area contributed by atoms with Crippen molar-refractivity contribution in [1.29, 1.82) is 0 Å². The molecule has 2 heterocycles. The Morgan fingerprint density at radius 1 is 1.13 bits per heavy atom. The van der Waals surface area contributed by atoms with E-state index in [1.165, 1.54) is 0 Å². The monoisotopic (exact) mass is 607 g/mol. The quantitative estimate of drug-likeness (QED) is 0.188. The number of nitrogens with zero attached hydrogens (tertiary/aromatic N) is 7. The molecule has 4 rings (SSSR count). The molecule has 0 radical (unpaired) electrons. The lowest BCUT2D eigenvalue weighted by Gasteiger charge is -2.27. The van der Waals surface area contributed by atoms with Crippen molar-refractivity contribution in [1.82, 2.24) is 15.0 Å². The van der Waals surface area contributed by atoms with Gasteiger partial charge >= 0.3 is 5.69 Å². The van der Waals surface area contributed by atoms with E-state index in [4.69, 9.17) is 16.3 Å². The van der Waals surface area contributed by atoms with Gasteiger partial charge in [-0.05, 0) is 40.5 Å². The minimum absolute atomic E-state index is 0.00556. The number of hydrogen-bond acceptors (Lipinski definition) is 13. The zero-order valence-corrected chi connectivity index (χ0v) is 21.9. The molecule has 15 nitrogen and oxygen atoms in total. The van der Waals surface area contributed by atoms with Crippen LogP contribution in [0, 0.1) is 27.2 Å². The van der Waals surface area contributed by atoms with Gasteiger partial charge in [-0.3, -0.25) is 20.2 Å². The molecule has 0 amide bonds. The minimum Gasteiger partial charge on any atom is -0.502 e. The normalized spacial score (nSPS) is 13.5. The van der Waals surface area contributed by atoms with E-state index >= 15 is 0 Å². The smallest absolute Gasteiger partial charge is 0.318 e. The molecule has 3 N–H and O–H groups in total. The van der Waals surface area contributed by atoms with E-state index in [-0.39, 0.29) is 17.5 Å². The summed E-state index contributed by atoms with van der Waals surface area (Å²) >= 11 is 9.75. The number of ether oxygens (including phenoxy) is 1. The van der Waals surface area contributed by atoms with Crippen LogP contribution in [-0.4, -0.2) is 62.4 Å². The van der Waals surface area contributed by atoms with E-state index in [1.807, 2.05) is 17.9 Å². The Kier molecular flexibility index (Phi) is 8.13. The predicted molar refractivity (Wildman–Crippen MR) is 143 cm³/mol. The summed E-state index contributed by atoms with van der Waals surface area (Å²) in [4.78, 5) is 35.6.